The van der Waals surface area contributed by atoms with Gasteiger partial charge in [0.15, 0.2) is 0 Å². The average Bonchev–Trinajstić information content (AvgIpc) is 2.73. The summed E-state index contributed by atoms with van der Waals surface area (Å²) in [6.07, 6.45) is 2.83. The van der Waals surface area contributed by atoms with Crippen molar-refractivity contribution in [1.82, 2.24) is 4.98 Å². The van der Waals surface area contributed by atoms with Gasteiger partial charge in [0.1, 0.15) is 0 Å². The maximum atomic E-state index is 5.57. The Labute approximate surface area is 103 Å². The molecule has 1 saturated heterocycles. The third-order valence-electron chi connectivity index (χ3n) is 2.44. The van der Waals surface area contributed by atoms with Gasteiger partial charge >= 0.3 is 0 Å². The molecule has 1 unspecified atom stereocenters. The van der Waals surface area contributed by atoms with Crippen molar-refractivity contribution in [2.24, 2.45) is 0 Å². The molecule has 15 heavy (non-hydrogen) atoms. The minimum absolute atomic E-state index is 0.431. The van der Waals surface area contributed by atoms with Gasteiger partial charge in [-0.25, -0.2) is 4.98 Å². The van der Waals surface area contributed by atoms with Gasteiger partial charge in [-0.15, -0.1) is 11.8 Å². The van der Waals surface area contributed by atoms with Crippen LogP contribution in [0.5, 0.6) is 0 Å². The molecule has 0 amide bonds. The van der Waals surface area contributed by atoms with Gasteiger partial charge in [0.2, 0.25) is 0 Å². The number of halogens is 1. The molecule has 2 nitrogen and oxygen atoms in total. The summed E-state index contributed by atoms with van der Waals surface area (Å²) in [4.78, 5) is 4.49. The smallest absolute Gasteiger partial charge is 0.0964 e. The molecule has 1 aromatic rings. The van der Waals surface area contributed by atoms with Crippen LogP contribution in [-0.2, 0) is 4.74 Å². The second-order valence-electron chi connectivity index (χ2n) is 3.66. The molecule has 2 rings (SSSR count). The summed E-state index contributed by atoms with van der Waals surface area (Å²) in [6.45, 7) is 2.94. The molecule has 1 aliphatic heterocycles. The quantitative estimate of drug-likeness (QED) is 0.796. The highest BCUT2D eigenvalue weighted by molar-refractivity contribution is 9.10. The van der Waals surface area contributed by atoms with Gasteiger partial charge in [-0.05, 0) is 47.8 Å². The van der Waals surface area contributed by atoms with Crippen LogP contribution in [0.3, 0.4) is 0 Å². The minimum Gasteiger partial charge on any atom is -0.377 e. The van der Waals surface area contributed by atoms with Crippen LogP contribution in [0.15, 0.2) is 21.6 Å². The molecule has 0 saturated carbocycles. The monoisotopic (exact) mass is 287 g/mol. The van der Waals surface area contributed by atoms with E-state index in [-0.39, 0.29) is 0 Å². The second kappa shape index (κ2) is 5.32. The zero-order valence-electron chi connectivity index (χ0n) is 8.70. The molecule has 4 heteroatoms. The highest BCUT2D eigenvalue weighted by atomic mass is 79.9. The van der Waals surface area contributed by atoms with Crippen molar-refractivity contribution < 1.29 is 4.74 Å². The van der Waals surface area contributed by atoms with Crippen LogP contribution < -0.4 is 0 Å². The molecule has 1 aliphatic rings. The first kappa shape index (κ1) is 11.4. The molecular weight excluding hydrogens is 274 g/mol. The normalized spacial score (nSPS) is 20.8. The number of pyridine rings is 1. The van der Waals surface area contributed by atoms with Crippen molar-refractivity contribution in [3.05, 3.63) is 22.3 Å². The van der Waals surface area contributed by atoms with Crippen LogP contribution in [-0.4, -0.2) is 23.4 Å². The van der Waals surface area contributed by atoms with E-state index in [0.717, 1.165) is 27.6 Å². The van der Waals surface area contributed by atoms with Crippen LogP contribution in [0.1, 0.15) is 18.5 Å². The molecule has 0 bridgehead atoms. The highest BCUT2D eigenvalue weighted by Gasteiger charge is 2.15. The first-order chi connectivity index (χ1) is 7.25. The number of ether oxygens (including phenoxy) is 1. The number of nitrogens with zero attached hydrogens (tertiary/aromatic N) is 1. The van der Waals surface area contributed by atoms with E-state index in [1.807, 2.05) is 6.92 Å². The van der Waals surface area contributed by atoms with Crippen molar-refractivity contribution in [1.29, 1.82) is 0 Å². The highest BCUT2D eigenvalue weighted by Crippen LogP contribution is 2.24. The lowest BCUT2D eigenvalue weighted by atomic mass is 10.3. The van der Waals surface area contributed by atoms with E-state index in [4.69, 9.17) is 4.74 Å². The zero-order chi connectivity index (χ0) is 10.7. The van der Waals surface area contributed by atoms with Gasteiger partial charge in [-0.3, -0.25) is 0 Å². The Bertz CT molecular complexity index is 339. The van der Waals surface area contributed by atoms with Crippen LogP contribution in [0.25, 0.3) is 0 Å². The Morgan fingerprint density at radius 2 is 2.47 bits per heavy atom. The van der Waals surface area contributed by atoms with Crippen LogP contribution in [0.2, 0.25) is 0 Å². The molecule has 0 aromatic carbocycles. The molecule has 82 valence electrons. The number of rotatable bonds is 3. The predicted molar refractivity (Wildman–Crippen MR) is 66.4 cm³/mol. The van der Waals surface area contributed by atoms with Gasteiger partial charge in [0.25, 0.3) is 0 Å². The fourth-order valence-corrected chi connectivity index (χ4v) is 2.76. The van der Waals surface area contributed by atoms with Gasteiger partial charge < -0.3 is 4.74 Å². The van der Waals surface area contributed by atoms with E-state index in [9.17, 15) is 0 Å². The molecule has 2 heterocycles. The maximum Gasteiger partial charge on any atom is 0.0964 e. The first-order valence-corrected chi connectivity index (χ1v) is 6.91. The summed E-state index contributed by atoms with van der Waals surface area (Å²) < 4.78 is 6.64. The van der Waals surface area contributed by atoms with Crippen LogP contribution in [0, 0.1) is 6.92 Å². The standard InChI is InChI=1S/C11H14BrNOS/c1-8-10(12)4-5-11(13-8)15-7-9-3-2-6-14-9/h4-5,9H,2-3,6-7H2,1H3. The fourth-order valence-electron chi connectivity index (χ4n) is 1.56. The molecule has 1 atom stereocenters. The van der Waals surface area contributed by atoms with Crippen molar-refractivity contribution in [2.45, 2.75) is 30.9 Å². The number of thioether (sulfide) groups is 1. The Morgan fingerprint density at radius 1 is 1.60 bits per heavy atom. The summed E-state index contributed by atoms with van der Waals surface area (Å²) in [7, 11) is 0. The molecule has 1 aromatic heterocycles. The Kier molecular flexibility index (Phi) is 4.05. The van der Waals surface area contributed by atoms with Crippen molar-refractivity contribution >= 4 is 27.7 Å². The summed E-state index contributed by atoms with van der Waals surface area (Å²) in [5, 5.41) is 1.09. The van der Waals surface area contributed by atoms with Crippen molar-refractivity contribution in [2.75, 3.05) is 12.4 Å². The topological polar surface area (TPSA) is 22.1 Å². The Hall–Kier alpha value is -0.0600. The lowest BCUT2D eigenvalue weighted by Crippen LogP contribution is -2.07. The minimum atomic E-state index is 0.431. The van der Waals surface area contributed by atoms with Gasteiger partial charge in [0, 0.05) is 16.8 Å². The SMILES string of the molecule is Cc1nc(SCC2CCCO2)ccc1Br. The maximum absolute atomic E-state index is 5.57. The Balaban J connectivity index is 1.90. The van der Waals surface area contributed by atoms with Gasteiger partial charge in [-0.1, -0.05) is 0 Å². The van der Waals surface area contributed by atoms with E-state index in [2.05, 4.69) is 33.0 Å². The number of hydrogen-bond acceptors (Lipinski definition) is 3. The van der Waals surface area contributed by atoms with Gasteiger partial charge in [-0.2, -0.15) is 0 Å². The summed E-state index contributed by atoms with van der Waals surface area (Å²) >= 11 is 5.23. The summed E-state index contributed by atoms with van der Waals surface area (Å²) in [5.74, 6) is 1.02. The van der Waals surface area contributed by atoms with E-state index in [1.165, 1.54) is 12.8 Å². The Morgan fingerprint density at radius 3 is 3.13 bits per heavy atom. The predicted octanol–water partition coefficient (Wildman–Crippen LogP) is 3.42. The molecular formula is C11H14BrNOS. The lowest BCUT2D eigenvalue weighted by molar-refractivity contribution is 0.129. The van der Waals surface area contributed by atoms with Crippen molar-refractivity contribution in [3.8, 4) is 0 Å². The zero-order valence-corrected chi connectivity index (χ0v) is 11.1. The third kappa shape index (κ3) is 3.20. The largest absolute Gasteiger partial charge is 0.377 e. The molecule has 0 aliphatic carbocycles. The first-order valence-electron chi connectivity index (χ1n) is 5.13. The number of aromatic nitrogens is 1. The van der Waals surface area contributed by atoms with Crippen LogP contribution >= 0.6 is 27.7 Å². The molecule has 1 fully saturated rings. The van der Waals surface area contributed by atoms with Gasteiger partial charge in [0.05, 0.1) is 16.8 Å². The lowest BCUT2D eigenvalue weighted by Gasteiger charge is -2.08. The van der Waals surface area contributed by atoms with E-state index < -0.39 is 0 Å². The number of hydrogen-bond donors (Lipinski definition) is 0. The molecule has 0 spiro atoms. The van der Waals surface area contributed by atoms with E-state index >= 15 is 0 Å². The number of aryl methyl sites for hydroxylation is 1. The second-order valence-corrected chi connectivity index (χ2v) is 5.56. The molecule has 0 radical (unpaired) electrons. The third-order valence-corrected chi connectivity index (χ3v) is 4.34. The van der Waals surface area contributed by atoms with E-state index in [1.54, 1.807) is 11.8 Å². The van der Waals surface area contributed by atoms with Crippen LogP contribution in [0.4, 0.5) is 0 Å². The van der Waals surface area contributed by atoms with Crippen molar-refractivity contribution in [3.63, 3.8) is 0 Å². The van der Waals surface area contributed by atoms with E-state index in [0.29, 0.717) is 6.10 Å². The summed E-state index contributed by atoms with van der Waals surface area (Å²) in [5.41, 5.74) is 1.05. The fraction of sp³-hybridized carbons (Fsp3) is 0.545. The summed E-state index contributed by atoms with van der Waals surface area (Å²) in [6, 6.07) is 4.11. The average molecular weight is 288 g/mol. The molecule has 0 N–H and O–H groups in total.